The summed E-state index contributed by atoms with van der Waals surface area (Å²) in [6.45, 7) is 1.55. The average molecular weight is 198 g/mol. The molecule has 2 nitrogen and oxygen atoms in total. The first kappa shape index (κ1) is 10.1. The summed E-state index contributed by atoms with van der Waals surface area (Å²) in [6.07, 6.45) is 0. The van der Waals surface area contributed by atoms with E-state index >= 15 is 0 Å². The van der Waals surface area contributed by atoms with E-state index in [9.17, 15) is 4.79 Å². The highest BCUT2D eigenvalue weighted by Crippen LogP contribution is 2.23. The number of benzene rings is 1. The first-order valence-corrected chi connectivity index (χ1v) is 4.38. The number of rotatable bonds is 2. The van der Waals surface area contributed by atoms with E-state index < -0.39 is 0 Å². The van der Waals surface area contributed by atoms with Gasteiger partial charge in [0.05, 0.1) is 0 Å². The van der Waals surface area contributed by atoms with Gasteiger partial charge in [0.15, 0.2) is 5.78 Å². The number of carbonyl (C=O) groups excluding carboxylic acids is 1. The maximum Gasteiger partial charge on any atom is 0.161 e. The van der Waals surface area contributed by atoms with Crippen LogP contribution in [0.4, 0.5) is 5.69 Å². The zero-order chi connectivity index (χ0) is 10.0. The Hall–Kier alpha value is -1.02. The molecule has 0 fully saturated rings. The molecule has 0 heterocycles. The van der Waals surface area contributed by atoms with Gasteiger partial charge in [-0.2, -0.15) is 0 Å². The van der Waals surface area contributed by atoms with Crippen molar-refractivity contribution < 1.29 is 4.79 Å². The summed E-state index contributed by atoms with van der Waals surface area (Å²) >= 11 is 5.83. The highest BCUT2D eigenvalue weighted by molar-refractivity contribution is 6.31. The van der Waals surface area contributed by atoms with Crippen LogP contribution in [0, 0.1) is 0 Å². The van der Waals surface area contributed by atoms with E-state index in [-0.39, 0.29) is 5.78 Å². The van der Waals surface area contributed by atoms with Gasteiger partial charge in [0, 0.05) is 30.4 Å². The fraction of sp³-hybridized carbons (Fsp3) is 0.300. The van der Waals surface area contributed by atoms with Crippen LogP contribution in [0.2, 0.25) is 5.02 Å². The summed E-state index contributed by atoms with van der Waals surface area (Å²) in [7, 11) is 3.77. The Morgan fingerprint density at radius 1 is 1.38 bits per heavy atom. The number of nitrogens with zero attached hydrogens (tertiary/aromatic N) is 1. The molecule has 0 spiro atoms. The first-order chi connectivity index (χ1) is 6.02. The van der Waals surface area contributed by atoms with E-state index in [4.69, 9.17) is 11.6 Å². The molecule has 0 aliphatic carbocycles. The molecule has 70 valence electrons. The second-order valence-electron chi connectivity index (χ2n) is 3.11. The number of halogens is 1. The quantitative estimate of drug-likeness (QED) is 0.680. The molecule has 13 heavy (non-hydrogen) atoms. The van der Waals surface area contributed by atoms with Gasteiger partial charge in [-0.25, -0.2) is 0 Å². The Bertz CT molecular complexity index is 334. The van der Waals surface area contributed by atoms with E-state index in [0.29, 0.717) is 10.6 Å². The second kappa shape index (κ2) is 3.79. The van der Waals surface area contributed by atoms with Gasteiger partial charge in [-0.1, -0.05) is 11.6 Å². The maximum atomic E-state index is 11.2. The highest BCUT2D eigenvalue weighted by Gasteiger charge is 2.08. The Balaban J connectivity index is 3.26. The molecule has 0 radical (unpaired) electrons. The minimum Gasteiger partial charge on any atom is -0.377 e. The van der Waals surface area contributed by atoms with Gasteiger partial charge in [-0.15, -0.1) is 0 Å². The first-order valence-electron chi connectivity index (χ1n) is 4.00. The minimum absolute atomic E-state index is 0.0559. The number of carbonyl (C=O) groups is 1. The van der Waals surface area contributed by atoms with E-state index in [1.54, 1.807) is 25.1 Å². The van der Waals surface area contributed by atoms with Crippen molar-refractivity contribution >= 4 is 23.1 Å². The summed E-state index contributed by atoms with van der Waals surface area (Å²) < 4.78 is 0. The third-order valence-corrected chi connectivity index (χ3v) is 2.06. The molecule has 3 heteroatoms. The lowest BCUT2D eigenvalue weighted by atomic mass is 10.1. The van der Waals surface area contributed by atoms with Crippen molar-refractivity contribution in [3.8, 4) is 0 Å². The van der Waals surface area contributed by atoms with Crippen LogP contribution in [-0.2, 0) is 0 Å². The lowest BCUT2D eigenvalue weighted by Gasteiger charge is -2.16. The number of anilines is 1. The summed E-state index contributed by atoms with van der Waals surface area (Å²) in [4.78, 5) is 13.1. The van der Waals surface area contributed by atoms with Crippen LogP contribution in [-0.4, -0.2) is 19.9 Å². The van der Waals surface area contributed by atoms with Crippen molar-refractivity contribution in [3.63, 3.8) is 0 Å². The summed E-state index contributed by atoms with van der Waals surface area (Å²) in [5.41, 5.74) is 1.56. The SMILES string of the molecule is CC(=O)c1ccc(Cl)cc1N(C)C. The van der Waals surface area contributed by atoms with E-state index in [1.165, 1.54) is 0 Å². The lowest BCUT2D eigenvalue weighted by molar-refractivity contribution is 0.101. The molecule has 1 rings (SSSR count). The Morgan fingerprint density at radius 2 is 2.00 bits per heavy atom. The largest absolute Gasteiger partial charge is 0.377 e. The number of hydrogen-bond acceptors (Lipinski definition) is 2. The second-order valence-corrected chi connectivity index (χ2v) is 3.55. The van der Waals surface area contributed by atoms with Crippen LogP contribution >= 0.6 is 11.6 Å². The van der Waals surface area contributed by atoms with Gasteiger partial charge >= 0.3 is 0 Å². The molecular weight excluding hydrogens is 186 g/mol. The van der Waals surface area contributed by atoms with E-state index in [0.717, 1.165) is 5.69 Å². The predicted octanol–water partition coefficient (Wildman–Crippen LogP) is 2.61. The summed E-state index contributed by atoms with van der Waals surface area (Å²) in [6, 6.07) is 5.27. The molecule has 0 aromatic heterocycles. The van der Waals surface area contributed by atoms with E-state index in [1.807, 2.05) is 19.0 Å². The van der Waals surface area contributed by atoms with Crippen LogP contribution in [0.5, 0.6) is 0 Å². The fourth-order valence-electron chi connectivity index (χ4n) is 1.17. The minimum atomic E-state index is 0.0559. The highest BCUT2D eigenvalue weighted by atomic mass is 35.5. The zero-order valence-electron chi connectivity index (χ0n) is 7.97. The zero-order valence-corrected chi connectivity index (χ0v) is 8.72. The third kappa shape index (κ3) is 2.22. The Kier molecular flexibility index (Phi) is 2.94. The van der Waals surface area contributed by atoms with Crippen LogP contribution in [0.15, 0.2) is 18.2 Å². The van der Waals surface area contributed by atoms with Crippen molar-refractivity contribution in [2.24, 2.45) is 0 Å². The van der Waals surface area contributed by atoms with Crippen LogP contribution in [0.1, 0.15) is 17.3 Å². The van der Waals surface area contributed by atoms with Gasteiger partial charge in [0.1, 0.15) is 0 Å². The van der Waals surface area contributed by atoms with Crippen molar-refractivity contribution in [3.05, 3.63) is 28.8 Å². The molecule has 0 amide bonds. The van der Waals surface area contributed by atoms with Gasteiger partial charge in [-0.05, 0) is 25.1 Å². The van der Waals surface area contributed by atoms with Crippen molar-refractivity contribution in [1.29, 1.82) is 0 Å². The van der Waals surface area contributed by atoms with Crippen molar-refractivity contribution in [2.75, 3.05) is 19.0 Å². The standard InChI is InChI=1S/C10H12ClNO/c1-7(13)9-5-4-8(11)6-10(9)12(2)3/h4-6H,1-3H3. The van der Waals surface area contributed by atoms with Crippen molar-refractivity contribution in [1.82, 2.24) is 0 Å². The summed E-state index contributed by atoms with van der Waals surface area (Å²) in [5, 5.41) is 0.647. The normalized spacial score (nSPS) is 9.85. The van der Waals surface area contributed by atoms with Crippen LogP contribution in [0.25, 0.3) is 0 Å². The van der Waals surface area contributed by atoms with Crippen LogP contribution in [0.3, 0.4) is 0 Å². The average Bonchev–Trinajstić information content (AvgIpc) is 2.03. The molecular formula is C10H12ClNO. The topological polar surface area (TPSA) is 20.3 Å². The molecule has 0 unspecified atom stereocenters. The maximum absolute atomic E-state index is 11.2. The van der Waals surface area contributed by atoms with Crippen molar-refractivity contribution in [2.45, 2.75) is 6.92 Å². The molecule has 0 bridgehead atoms. The molecule has 1 aromatic carbocycles. The molecule has 0 atom stereocenters. The Morgan fingerprint density at radius 3 is 2.46 bits per heavy atom. The fourth-order valence-corrected chi connectivity index (χ4v) is 1.34. The van der Waals surface area contributed by atoms with Gasteiger partial charge in [0.25, 0.3) is 0 Å². The molecule has 0 saturated heterocycles. The number of ketones is 1. The number of hydrogen-bond donors (Lipinski definition) is 0. The molecule has 1 aromatic rings. The van der Waals surface area contributed by atoms with E-state index in [2.05, 4.69) is 0 Å². The monoisotopic (exact) mass is 197 g/mol. The van der Waals surface area contributed by atoms with Gasteiger partial charge in [-0.3, -0.25) is 4.79 Å². The smallest absolute Gasteiger partial charge is 0.161 e. The molecule has 0 N–H and O–H groups in total. The lowest BCUT2D eigenvalue weighted by Crippen LogP contribution is -2.12. The third-order valence-electron chi connectivity index (χ3n) is 1.82. The number of Topliss-reactive ketones (excluding diaryl/α,β-unsaturated/α-hetero) is 1. The van der Waals surface area contributed by atoms with Gasteiger partial charge < -0.3 is 4.90 Å². The predicted molar refractivity (Wildman–Crippen MR) is 55.8 cm³/mol. The summed E-state index contributed by atoms with van der Waals surface area (Å²) in [5.74, 6) is 0.0559. The molecule has 0 aliphatic rings. The Labute approximate surface area is 83.1 Å². The molecule has 0 aliphatic heterocycles. The van der Waals surface area contributed by atoms with Gasteiger partial charge in [0.2, 0.25) is 0 Å². The van der Waals surface area contributed by atoms with Crippen LogP contribution < -0.4 is 4.90 Å². The molecule has 0 saturated carbocycles.